The van der Waals surface area contributed by atoms with Crippen LogP contribution in [0.3, 0.4) is 0 Å². The van der Waals surface area contributed by atoms with E-state index in [4.69, 9.17) is 4.74 Å². The van der Waals surface area contributed by atoms with E-state index in [9.17, 15) is 21.6 Å². The van der Waals surface area contributed by atoms with Crippen molar-refractivity contribution in [3.8, 4) is 0 Å². The predicted molar refractivity (Wildman–Crippen MR) is 132 cm³/mol. The van der Waals surface area contributed by atoms with Crippen LogP contribution in [0.15, 0.2) is 40.4 Å². The maximum Gasteiger partial charge on any atom is 0.243 e. The van der Waals surface area contributed by atoms with Crippen molar-refractivity contribution in [2.24, 2.45) is 5.92 Å². The Kier molecular flexibility index (Phi) is 7.35. The number of benzene rings is 2. The van der Waals surface area contributed by atoms with E-state index in [2.05, 4.69) is 4.98 Å². The summed E-state index contributed by atoms with van der Waals surface area (Å²) in [6, 6.07) is 6.22. The first-order chi connectivity index (χ1) is 17.2. The molecule has 0 amide bonds. The van der Waals surface area contributed by atoms with Crippen LogP contribution >= 0.6 is 11.8 Å². The minimum absolute atomic E-state index is 0.0284. The fourth-order valence-corrected chi connectivity index (χ4v) is 7.55. The molecule has 0 N–H and O–H groups in total. The molecule has 3 aromatic rings. The Bertz CT molecular complexity index is 1350. The number of aromatic nitrogens is 2. The summed E-state index contributed by atoms with van der Waals surface area (Å²) < 4.78 is 77.6. The third-order valence-electron chi connectivity index (χ3n) is 6.80. The van der Waals surface area contributed by atoms with Gasteiger partial charge in [0.2, 0.25) is 10.0 Å². The van der Waals surface area contributed by atoms with Gasteiger partial charge in [-0.25, -0.2) is 26.6 Å². The Hall–Kier alpha value is -2.08. The van der Waals surface area contributed by atoms with Gasteiger partial charge in [0, 0.05) is 43.1 Å². The topological polar surface area (TPSA) is 64.4 Å². The molecule has 3 heterocycles. The first kappa shape index (κ1) is 25.6. The average Bonchev–Trinajstić information content (AvgIpc) is 3.46. The molecule has 11 heteroatoms. The second kappa shape index (κ2) is 10.4. The minimum atomic E-state index is -3.67. The lowest BCUT2D eigenvalue weighted by molar-refractivity contribution is 0.0960. The highest BCUT2D eigenvalue weighted by atomic mass is 32.2. The largest absolute Gasteiger partial charge is 0.376 e. The van der Waals surface area contributed by atoms with Crippen LogP contribution in [0, 0.1) is 23.4 Å². The maximum atomic E-state index is 14.2. The summed E-state index contributed by atoms with van der Waals surface area (Å²) in [5, 5.41) is 0.491. The quantitative estimate of drug-likeness (QED) is 0.379. The molecule has 2 fully saturated rings. The van der Waals surface area contributed by atoms with Crippen LogP contribution in [0.2, 0.25) is 0 Å². The molecule has 1 aromatic heterocycles. The van der Waals surface area contributed by atoms with Gasteiger partial charge in [-0.1, -0.05) is 18.7 Å². The zero-order chi connectivity index (χ0) is 25.4. The van der Waals surface area contributed by atoms with E-state index in [1.54, 1.807) is 18.2 Å². The number of hydrogen-bond donors (Lipinski definition) is 0. The number of piperidine rings is 1. The monoisotopic (exact) mass is 539 g/mol. The second-order valence-corrected chi connectivity index (χ2v) is 12.4. The number of fused-ring (bicyclic) bond motifs is 1. The van der Waals surface area contributed by atoms with E-state index in [0.717, 1.165) is 43.0 Å². The normalized spacial score (nSPS) is 21.4. The molecule has 0 aliphatic carbocycles. The van der Waals surface area contributed by atoms with Crippen molar-refractivity contribution in [3.63, 3.8) is 0 Å². The molecular formula is C25H28F3N3O3S2. The summed E-state index contributed by atoms with van der Waals surface area (Å²) in [6.07, 6.45) is 3.64. The lowest BCUT2D eigenvalue weighted by atomic mass is 10.0. The van der Waals surface area contributed by atoms with E-state index in [-0.39, 0.29) is 22.3 Å². The number of sulfonamides is 1. The first-order valence-corrected chi connectivity index (χ1v) is 14.5. The molecule has 2 unspecified atom stereocenters. The van der Waals surface area contributed by atoms with Crippen molar-refractivity contribution in [3.05, 3.63) is 53.3 Å². The molecule has 0 radical (unpaired) electrons. The number of thioether (sulfide) groups is 1. The maximum absolute atomic E-state index is 14.2. The highest BCUT2D eigenvalue weighted by Gasteiger charge is 2.29. The first-order valence-electron chi connectivity index (χ1n) is 12.1. The Morgan fingerprint density at radius 3 is 2.58 bits per heavy atom. The number of halogens is 3. The van der Waals surface area contributed by atoms with Crippen LogP contribution in [0.5, 0.6) is 0 Å². The summed E-state index contributed by atoms with van der Waals surface area (Å²) in [7, 11) is -3.67. The van der Waals surface area contributed by atoms with Gasteiger partial charge in [-0.2, -0.15) is 4.31 Å². The summed E-state index contributed by atoms with van der Waals surface area (Å²) in [5.74, 6) is -2.67. The van der Waals surface area contributed by atoms with Crippen molar-refractivity contribution in [2.45, 2.75) is 61.1 Å². The third-order valence-corrected chi connectivity index (χ3v) is 9.67. The molecular weight excluding hydrogens is 511 g/mol. The van der Waals surface area contributed by atoms with Gasteiger partial charge in [-0.05, 0) is 49.8 Å². The molecule has 2 atom stereocenters. The standard InChI is InChI=1S/C25H28F3N3O3S2/c1-16-4-2-8-30(13-16)36(32,33)19-6-7-24-23(12-19)29-25(31(24)14-18-5-3-9-34-18)35-15-20-21(27)10-17(26)11-22(20)28/h6-7,10-12,16,18H,2-5,8-9,13-15H2,1H3. The Morgan fingerprint density at radius 2 is 1.89 bits per heavy atom. The highest BCUT2D eigenvalue weighted by molar-refractivity contribution is 7.98. The average molecular weight is 540 g/mol. The predicted octanol–water partition coefficient (Wildman–Crippen LogP) is 5.35. The van der Waals surface area contributed by atoms with Gasteiger partial charge in [-0.3, -0.25) is 0 Å². The molecule has 0 spiro atoms. The van der Waals surface area contributed by atoms with Crippen molar-refractivity contribution in [1.82, 2.24) is 13.9 Å². The van der Waals surface area contributed by atoms with Gasteiger partial charge >= 0.3 is 0 Å². The van der Waals surface area contributed by atoms with Gasteiger partial charge in [-0.15, -0.1) is 0 Å². The van der Waals surface area contributed by atoms with Crippen molar-refractivity contribution in [2.75, 3.05) is 19.7 Å². The molecule has 2 aliphatic heterocycles. The molecule has 5 rings (SSSR count). The number of imidazole rings is 1. The zero-order valence-corrected chi connectivity index (χ0v) is 21.6. The van der Waals surface area contributed by atoms with Crippen LogP contribution in [0.1, 0.15) is 38.2 Å². The zero-order valence-electron chi connectivity index (χ0n) is 19.9. The van der Waals surface area contributed by atoms with Crippen LogP contribution in [0.4, 0.5) is 13.2 Å². The summed E-state index contributed by atoms with van der Waals surface area (Å²) >= 11 is 1.12. The number of rotatable bonds is 7. The van der Waals surface area contributed by atoms with Gasteiger partial charge < -0.3 is 9.30 Å². The van der Waals surface area contributed by atoms with Gasteiger partial charge in [0.1, 0.15) is 17.5 Å². The third kappa shape index (κ3) is 5.16. The highest BCUT2D eigenvalue weighted by Crippen LogP contribution is 2.32. The lowest BCUT2D eigenvalue weighted by Crippen LogP contribution is -2.39. The number of hydrogen-bond acceptors (Lipinski definition) is 5. The van der Waals surface area contributed by atoms with E-state index in [1.165, 1.54) is 4.31 Å². The number of nitrogens with zero attached hydrogens (tertiary/aromatic N) is 3. The fraction of sp³-hybridized carbons (Fsp3) is 0.480. The van der Waals surface area contributed by atoms with Gasteiger partial charge in [0.05, 0.1) is 28.6 Å². The van der Waals surface area contributed by atoms with Crippen molar-refractivity contribution >= 4 is 32.8 Å². The van der Waals surface area contributed by atoms with Gasteiger partial charge in [0.15, 0.2) is 5.16 Å². The van der Waals surface area contributed by atoms with E-state index in [1.807, 2.05) is 11.5 Å². The minimum Gasteiger partial charge on any atom is -0.376 e. The summed E-state index contributed by atoms with van der Waals surface area (Å²) in [6.45, 7) is 4.19. The van der Waals surface area contributed by atoms with Crippen LogP contribution < -0.4 is 0 Å². The number of ether oxygens (including phenoxy) is 1. The molecule has 2 saturated heterocycles. The molecule has 36 heavy (non-hydrogen) atoms. The van der Waals surface area contributed by atoms with Crippen LogP contribution in [0.25, 0.3) is 11.0 Å². The molecule has 2 aromatic carbocycles. The Labute approximate surface area is 212 Å². The molecule has 6 nitrogen and oxygen atoms in total. The Morgan fingerprint density at radius 1 is 1.11 bits per heavy atom. The van der Waals surface area contributed by atoms with Crippen LogP contribution in [-0.4, -0.2) is 48.1 Å². The van der Waals surface area contributed by atoms with E-state index in [0.29, 0.717) is 55.0 Å². The fourth-order valence-electron chi connectivity index (χ4n) is 4.89. The lowest BCUT2D eigenvalue weighted by Gasteiger charge is -2.30. The van der Waals surface area contributed by atoms with Crippen LogP contribution in [-0.2, 0) is 27.1 Å². The van der Waals surface area contributed by atoms with Crippen molar-refractivity contribution in [1.29, 1.82) is 0 Å². The molecule has 194 valence electrons. The molecule has 2 aliphatic rings. The smallest absolute Gasteiger partial charge is 0.243 e. The molecule has 0 bridgehead atoms. The Balaban J connectivity index is 1.49. The summed E-state index contributed by atoms with van der Waals surface area (Å²) in [5.41, 5.74) is 0.972. The summed E-state index contributed by atoms with van der Waals surface area (Å²) in [4.78, 5) is 4.83. The van der Waals surface area contributed by atoms with E-state index >= 15 is 0 Å². The SMILES string of the molecule is CC1CCCN(S(=O)(=O)c2ccc3c(c2)nc(SCc2c(F)cc(F)cc2F)n3CC2CCCO2)C1. The van der Waals surface area contributed by atoms with E-state index < -0.39 is 27.5 Å². The van der Waals surface area contributed by atoms with Crippen molar-refractivity contribution < 1.29 is 26.3 Å². The second-order valence-electron chi connectivity index (χ2n) is 9.54. The van der Waals surface area contributed by atoms with Gasteiger partial charge in [0.25, 0.3) is 0 Å². The molecule has 0 saturated carbocycles.